The molecule has 4 atom stereocenters. The molecule has 0 aromatic rings. The maximum absolute atomic E-state index is 13.2. The average Bonchev–Trinajstić information content (AvgIpc) is 3.39. The Balaban J connectivity index is 1.99. The Bertz CT molecular complexity index is 880. The van der Waals surface area contributed by atoms with Crippen LogP contribution in [0.25, 0.3) is 0 Å². The van der Waals surface area contributed by atoms with Gasteiger partial charge >= 0.3 is 30.3 Å². The zero-order valence-electron chi connectivity index (χ0n) is 23.0. The van der Waals surface area contributed by atoms with Crippen molar-refractivity contribution in [3.05, 3.63) is 0 Å². The maximum atomic E-state index is 13.2. The molecule has 216 valence electrons. The first-order valence-corrected chi connectivity index (χ1v) is 12.7. The monoisotopic (exact) mass is 545 g/mol. The van der Waals surface area contributed by atoms with Crippen molar-refractivity contribution in [1.29, 1.82) is 0 Å². The molecule has 13 heteroatoms. The van der Waals surface area contributed by atoms with Gasteiger partial charge in [-0.05, 0) is 67.2 Å². The van der Waals surface area contributed by atoms with Gasteiger partial charge in [-0.25, -0.2) is 19.2 Å². The molecule has 0 spiro atoms. The molecule has 1 amide bonds. The Hall–Kier alpha value is -3.25. The number of rotatable bonds is 11. The fourth-order valence-corrected chi connectivity index (χ4v) is 4.41. The van der Waals surface area contributed by atoms with Crippen LogP contribution in [0.4, 0.5) is 14.4 Å². The molecule has 2 fully saturated rings. The van der Waals surface area contributed by atoms with E-state index < -0.39 is 53.3 Å². The number of nitrogens with one attached hydrogen (secondary N) is 1. The van der Waals surface area contributed by atoms with Crippen LogP contribution in [0.2, 0.25) is 0 Å². The van der Waals surface area contributed by atoms with Gasteiger partial charge in [-0.2, -0.15) is 0 Å². The molecule has 0 aromatic heterocycles. The van der Waals surface area contributed by atoms with Crippen molar-refractivity contribution in [3.63, 3.8) is 0 Å². The van der Waals surface area contributed by atoms with Crippen LogP contribution in [-0.4, -0.2) is 80.1 Å². The van der Waals surface area contributed by atoms with Crippen LogP contribution in [0.5, 0.6) is 0 Å². The van der Waals surface area contributed by atoms with E-state index in [2.05, 4.69) is 5.32 Å². The first kappa shape index (κ1) is 31.0. The molecule has 0 heterocycles. The third-order valence-corrected chi connectivity index (χ3v) is 5.72. The molecule has 0 radical (unpaired) electrons. The minimum absolute atomic E-state index is 0.192. The number of ether oxygens (including phenoxy) is 7. The summed E-state index contributed by atoms with van der Waals surface area (Å²) in [4.78, 5) is 61.5. The molecule has 1 N–H and O–H groups in total. The number of fused-ring (bicyclic) bond motifs is 1. The number of hydrogen-bond donors (Lipinski definition) is 1. The Morgan fingerprint density at radius 1 is 0.816 bits per heavy atom. The van der Waals surface area contributed by atoms with Crippen LogP contribution < -0.4 is 5.32 Å². The summed E-state index contributed by atoms with van der Waals surface area (Å²) in [7, 11) is 0. The largest absolute Gasteiger partial charge is 0.508 e. The first-order valence-electron chi connectivity index (χ1n) is 12.7. The van der Waals surface area contributed by atoms with E-state index in [0.29, 0.717) is 6.42 Å². The second-order valence-electron chi connectivity index (χ2n) is 10.7. The van der Waals surface area contributed by atoms with Crippen molar-refractivity contribution in [2.75, 3.05) is 26.4 Å². The van der Waals surface area contributed by atoms with E-state index in [0.717, 1.165) is 0 Å². The smallest absolute Gasteiger partial charge is 0.462 e. The Morgan fingerprint density at radius 2 is 1.32 bits per heavy atom. The van der Waals surface area contributed by atoms with Gasteiger partial charge in [0.2, 0.25) is 0 Å². The number of amides is 1. The van der Waals surface area contributed by atoms with E-state index in [4.69, 9.17) is 33.2 Å². The molecule has 0 unspecified atom stereocenters. The highest BCUT2D eigenvalue weighted by Gasteiger charge is 2.72. The van der Waals surface area contributed by atoms with Gasteiger partial charge in [-0.15, -0.1) is 0 Å². The summed E-state index contributed by atoms with van der Waals surface area (Å²) in [6, 6.07) is 0. The van der Waals surface area contributed by atoms with Gasteiger partial charge in [0, 0.05) is 5.92 Å². The standard InChI is InChI=1S/C25H39NO12/c1-14(2)36-22(30)34-12-10-32-19(27)17-16-8-9-25(18(16)17,26-21(29)38-24(5,6)7)20(28)33-11-13-35-23(31)37-15(3)4/h14-18H,8-13H2,1-7H3,(H,26,29)/t16-,17-,18-,25-/m0/s1. The van der Waals surface area contributed by atoms with Crippen LogP contribution in [0.3, 0.4) is 0 Å². The van der Waals surface area contributed by atoms with Crippen molar-refractivity contribution in [3.8, 4) is 0 Å². The molecule has 0 aliphatic heterocycles. The van der Waals surface area contributed by atoms with Gasteiger partial charge < -0.3 is 38.5 Å². The molecule has 0 aromatic carbocycles. The molecule has 2 rings (SSSR count). The lowest BCUT2D eigenvalue weighted by molar-refractivity contribution is -0.155. The fourth-order valence-electron chi connectivity index (χ4n) is 4.41. The number of carbonyl (C=O) groups is 5. The molecular formula is C25H39NO12. The SMILES string of the molecule is CC(C)OC(=O)OCCOC(=O)[C@H]1[C@@H]2CC[C@@](NC(=O)OC(C)(C)C)(C(=O)OCCOC(=O)OC(C)C)[C@@H]21. The topological polar surface area (TPSA) is 162 Å². The fraction of sp³-hybridized carbons (Fsp3) is 0.800. The van der Waals surface area contributed by atoms with Gasteiger partial charge in [0.05, 0.1) is 18.1 Å². The second kappa shape index (κ2) is 13.0. The third kappa shape index (κ3) is 8.95. The minimum Gasteiger partial charge on any atom is -0.462 e. The average molecular weight is 546 g/mol. The van der Waals surface area contributed by atoms with Crippen molar-refractivity contribution >= 4 is 30.3 Å². The van der Waals surface area contributed by atoms with Crippen molar-refractivity contribution in [2.45, 2.75) is 84.7 Å². The van der Waals surface area contributed by atoms with E-state index in [1.54, 1.807) is 48.5 Å². The van der Waals surface area contributed by atoms with Gasteiger partial charge in [-0.1, -0.05) is 0 Å². The highest BCUT2D eigenvalue weighted by atomic mass is 16.7. The minimum atomic E-state index is -1.52. The lowest BCUT2D eigenvalue weighted by Gasteiger charge is -2.32. The van der Waals surface area contributed by atoms with E-state index in [-0.39, 0.29) is 51.0 Å². The number of carbonyl (C=O) groups excluding carboxylic acids is 5. The normalized spacial score (nSPS) is 23.7. The summed E-state index contributed by atoms with van der Waals surface area (Å²) in [5, 5.41) is 2.64. The van der Waals surface area contributed by atoms with Gasteiger partial charge in [0.15, 0.2) is 0 Å². The zero-order valence-corrected chi connectivity index (χ0v) is 23.0. The zero-order chi connectivity index (χ0) is 28.7. The lowest BCUT2D eigenvalue weighted by Crippen LogP contribution is -2.57. The van der Waals surface area contributed by atoms with E-state index in [1.165, 1.54) is 0 Å². The highest BCUT2D eigenvalue weighted by molar-refractivity contribution is 5.90. The Morgan fingerprint density at radius 3 is 1.82 bits per heavy atom. The Labute approximate surface area is 222 Å². The van der Waals surface area contributed by atoms with E-state index in [9.17, 15) is 24.0 Å². The molecule has 13 nitrogen and oxygen atoms in total. The van der Waals surface area contributed by atoms with Gasteiger partial charge in [0.25, 0.3) is 0 Å². The molecule has 0 saturated heterocycles. The van der Waals surface area contributed by atoms with Crippen LogP contribution >= 0.6 is 0 Å². The second-order valence-corrected chi connectivity index (χ2v) is 10.7. The summed E-state index contributed by atoms with van der Waals surface area (Å²) < 4.78 is 35.3. The van der Waals surface area contributed by atoms with Gasteiger partial charge in [0.1, 0.15) is 37.6 Å². The molecule has 2 aliphatic rings. The van der Waals surface area contributed by atoms with Crippen molar-refractivity contribution in [1.82, 2.24) is 5.32 Å². The van der Waals surface area contributed by atoms with Crippen molar-refractivity contribution in [2.24, 2.45) is 17.8 Å². The Kier molecular flexibility index (Phi) is 10.6. The third-order valence-electron chi connectivity index (χ3n) is 5.72. The number of alkyl carbamates (subject to hydrolysis) is 1. The van der Waals surface area contributed by atoms with Crippen molar-refractivity contribution < 1.29 is 57.1 Å². The number of esters is 2. The summed E-state index contributed by atoms with van der Waals surface area (Å²) in [5.74, 6) is -2.80. The summed E-state index contributed by atoms with van der Waals surface area (Å²) in [6.07, 6.45) is -2.62. The molecule has 2 saturated carbocycles. The van der Waals surface area contributed by atoms with Crippen LogP contribution in [0, 0.1) is 17.8 Å². The number of hydrogen-bond acceptors (Lipinski definition) is 12. The first-order chi connectivity index (χ1) is 17.7. The summed E-state index contributed by atoms with van der Waals surface area (Å²) in [6.45, 7) is 10.8. The molecule has 38 heavy (non-hydrogen) atoms. The lowest BCUT2D eigenvalue weighted by atomic mass is 9.90. The van der Waals surface area contributed by atoms with E-state index in [1.807, 2.05) is 0 Å². The van der Waals surface area contributed by atoms with Gasteiger partial charge in [-0.3, -0.25) is 4.79 Å². The predicted molar refractivity (Wildman–Crippen MR) is 129 cm³/mol. The molecule has 0 bridgehead atoms. The maximum Gasteiger partial charge on any atom is 0.508 e. The molecule has 2 aliphatic carbocycles. The quantitative estimate of drug-likeness (QED) is 0.230. The van der Waals surface area contributed by atoms with Crippen LogP contribution in [-0.2, 0) is 42.7 Å². The van der Waals surface area contributed by atoms with Crippen LogP contribution in [0.1, 0.15) is 61.3 Å². The summed E-state index contributed by atoms with van der Waals surface area (Å²) >= 11 is 0. The van der Waals surface area contributed by atoms with E-state index >= 15 is 0 Å². The van der Waals surface area contributed by atoms with Crippen LogP contribution in [0.15, 0.2) is 0 Å². The predicted octanol–water partition coefficient (Wildman–Crippen LogP) is 3.12. The molecular weight excluding hydrogens is 506 g/mol. The highest BCUT2D eigenvalue weighted by Crippen LogP contribution is 2.63. The summed E-state index contributed by atoms with van der Waals surface area (Å²) in [5.41, 5.74) is -2.34.